The molecule has 0 saturated carbocycles. The summed E-state index contributed by atoms with van der Waals surface area (Å²) in [6.45, 7) is 2.11. The lowest BCUT2D eigenvalue weighted by atomic mass is 10.1. The lowest BCUT2D eigenvalue weighted by Gasteiger charge is -2.10. The second kappa shape index (κ2) is 7.66. The van der Waals surface area contributed by atoms with Crippen molar-refractivity contribution in [3.05, 3.63) is 59.7 Å². The Morgan fingerprint density at radius 1 is 1.09 bits per heavy atom. The second-order valence-electron chi connectivity index (χ2n) is 4.74. The fourth-order valence-electron chi connectivity index (χ4n) is 1.91. The summed E-state index contributed by atoms with van der Waals surface area (Å²) >= 11 is 1.67. The molecular formula is C17H18N2O2S. The zero-order valence-corrected chi connectivity index (χ0v) is 13.2. The van der Waals surface area contributed by atoms with E-state index in [4.69, 9.17) is 5.73 Å². The van der Waals surface area contributed by atoms with Gasteiger partial charge in [0.2, 0.25) is 5.91 Å². The SMILES string of the molecule is CCCSc1ccccc1C(=O)Nc1ccc(C(N)=O)cc1. The van der Waals surface area contributed by atoms with Crippen LogP contribution >= 0.6 is 11.8 Å². The molecule has 4 nitrogen and oxygen atoms in total. The van der Waals surface area contributed by atoms with E-state index in [9.17, 15) is 9.59 Å². The third kappa shape index (κ3) is 4.11. The first-order valence-electron chi connectivity index (χ1n) is 7.05. The number of hydrogen-bond acceptors (Lipinski definition) is 3. The number of anilines is 1. The van der Waals surface area contributed by atoms with Crippen LogP contribution in [0.25, 0.3) is 0 Å². The molecule has 0 unspecified atom stereocenters. The Hall–Kier alpha value is -2.27. The third-order valence-corrected chi connectivity index (χ3v) is 4.30. The van der Waals surface area contributed by atoms with Crippen molar-refractivity contribution in [3.8, 4) is 0 Å². The number of amides is 2. The monoisotopic (exact) mass is 314 g/mol. The molecule has 2 aromatic rings. The fourth-order valence-corrected chi connectivity index (χ4v) is 2.82. The number of thioether (sulfide) groups is 1. The standard InChI is InChI=1S/C17H18N2O2S/c1-2-11-22-15-6-4-3-5-14(15)17(21)19-13-9-7-12(8-10-13)16(18)20/h3-10H,2,11H2,1H3,(H2,18,20)(H,19,21). The van der Waals surface area contributed by atoms with Gasteiger partial charge in [0.05, 0.1) is 5.56 Å². The highest BCUT2D eigenvalue weighted by Crippen LogP contribution is 2.24. The van der Waals surface area contributed by atoms with Crippen molar-refractivity contribution in [1.82, 2.24) is 0 Å². The van der Waals surface area contributed by atoms with Crippen molar-refractivity contribution < 1.29 is 9.59 Å². The minimum absolute atomic E-state index is 0.161. The van der Waals surface area contributed by atoms with Crippen LogP contribution in [0.15, 0.2) is 53.4 Å². The molecule has 0 fully saturated rings. The second-order valence-corrected chi connectivity index (χ2v) is 5.88. The van der Waals surface area contributed by atoms with Crippen molar-refractivity contribution in [2.75, 3.05) is 11.1 Å². The van der Waals surface area contributed by atoms with Crippen molar-refractivity contribution in [2.45, 2.75) is 18.2 Å². The zero-order chi connectivity index (χ0) is 15.9. The molecule has 2 amide bonds. The van der Waals surface area contributed by atoms with Gasteiger partial charge in [0, 0.05) is 16.1 Å². The van der Waals surface area contributed by atoms with Gasteiger partial charge in [0.15, 0.2) is 0 Å². The Morgan fingerprint density at radius 2 is 1.77 bits per heavy atom. The van der Waals surface area contributed by atoms with Gasteiger partial charge >= 0.3 is 0 Å². The molecule has 0 aliphatic carbocycles. The number of nitrogens with one attached hydrogen (secondary N) is 1. The summed E-state index contributed by atoms with van der Waals surface area (Å²) in [5, 5.41) is 2.84. The first kappa shape index (κ1) is 16.1. The van der Waals surface area contributed by atoms with E-state index < -0.39 is 5.91 Å². The summed E-state index contributed by atoms with van der Waals surface area (Å²) in [7, 11) is 0. The van der Waals surface area contributed by atoms with Crippen LogP contribution in [0.4, 0.5) is 5.69 Å². The minimum atomic E-state index is -0.487. The molecule has 0 aliphatic heterocycles. The van der Waals surface area contributed by atoms with E-state index in [1.54, 1.807) is 36.0 Å². The molecule has 0 aliphatic rings. The highest BCUT2D eigenvalue weighted by atomic mass is 32.2. The number of hydrogen-bond donors (Lipinski definition) is 2. The maximum absolute atomic E-state index is 12.4. The summed E-state index contributed by atoms with van der Waals surface area (Å²) in [6.07, 6.45) is 1.05. The smallest absolute Gasteiger partial charge is 0.256 e. The highest BCUT2D eigenvalue weighted by Gasteiger charge is 2.11. The van der Waals surface area contributed by atoms with Gasteiger partial charge in [0.1, 0.15) is 0 Å². The molecule has 0 bridgehead atoms. The summed E-state index contributed by atoms with van der Waals surface area (Å²) in [6, 6.07) is 14.1. The van der Waals surface area contributed by atoms with Crippen LogP contribution in [0.2, 0.25) is 0 Å². The lowest BCUT2D eigenvalue weighted by Crippen LogP contribution is -2.14. The van der Waals surface area contributed by atoms with E-state index in [2.05, 4.69) is 12.2 Å². The molecule has 22 heavy (non-hydrogen) atoms. The van der Waals surface area contributed by atoms with E-state index in [1.165, 1.54) is 0 Å². The van der Waals surface area contributed by atoms with Gasteiger partial charge in [-0.25, -0.2) is 0 Å². The van der Waals surface area contributed by atoms with Crippen LogP contribution in [0.5, 0.6) is 0 Å². The van der Waals surface area contributed by atoms with Crippen LogP contribution in [0, 0.1) is 0 Å². The van der Waals surface area contributed by atoms with Gasteiger partial charge in [-0.2, -0.15) is 0 Å². The van der Waals surface area contributed by atoms with Gasteiger partial charge in [-0.05, 0) is 48.6 Å². The summed E-state index contributed by atoms with van der Waals surface area (Å²) in [5.74, 6) is 0.322. The van der Waals surface area contributed by atoms with Crippen LogP contribution in [0.1, 0.15) is 34.1 Å². The van der Waals surface area contributed by atoms with Gasteiger partial charge in [-0.3, -0.25) is 9.59 Å². The number of primary amides is 1. The number of carbonyl (C=O) groups is 2. The molecule has 0 radical (unpaired) electrons. The van der Waals surface area contributed by atoms with E-state index in [0.717, 1.165) is 17.1 Å². The van der Waals surface area contributed by atoms with Crippen LogP contribution < -0.4 is 11.1 Å². The van der Waals surface area contributed by atoms with E-state index in [0.29, 0.717) is 16.8 Å². The van der Waals surface area contributed by atoms with E-state index in [1.807, 2.05) is 24.3 Å². The molecular weight excluding hydrogens is 296 g/mol. The average molecular weight is 314 g/mol. The molecule has 0 atom stereocenters. The molecule has 0 spiro atoms. The largest absolute Gasteiger partial charge is 0.366 e. The van der Waals surface area contributed by atoms with E-state index in [-0.39, 0.29) is 5.91 Å². The van der Waals surface area contributed by atoms with E-state index >= 15 is 0 Å². The normalized spacial score (nSPS) is 10.2. The minimum Gasteiger partial charge on any atom is -0.366 e. The Bertz CT molecular complexity index is 669. The van der Waals surface area contributed by atoms with Gasteiger partial charge in [-0.1, -0.05) is 19.1 Å². The van der Waals surface area contributed by atoms with Crippen molar-refractivity contribution in [2.24, 2.45) is 5.73 Å². The third-order valence-electron chi connectivity index (χ3n) is 3.02. The Morgan fingerprint density at radius 3 is 2.41 bits per heavy atom. The van der Waals surface area contributed by atoms with Gasteiger partial charge < -0.3 is 11.1 Å². The van der Waals surface area contributed by atoms with Crippen LogP contribution in [0.3, 0.4) is 0 Å². The van der Waals surface area contributed by atoms with Gasteiger partial charge in [0.25, 0.3) is 5.91 Å². The maximum atomic E-state index is 12.4. The van der Waals surface area contributed by atoms with Crippen LogP contribution in [-0.4, -0.2) is 17.6 Å². The molecule has 0 aromatic heterocycles. The summed E-state index contributed by atoms with van der Waals surface area (Å²) in [5.41, 5.74) is 6.89. The Balaban J connectivity index is 2.13. The number of carbonyl (C=O) groups excluding carboxylic acids is 2. The maximum Gasteiger partial charge on any atom is 0.256 e. The highest BCUT2D eigenvalue weighted by molar-refractivity contribution is 7.99. The first-order chi connectivity index (χ1) is 10.6. The zero-order valence-electron chi connectivity index (χ0n) is 12.3. The summed E-state index contributed by atoms with van der Waals surface area (Å²) in [4.78, 5) is 24.4. The predicted octanol–water partition coefficient (Wildman–Crippen LogP) is 3.54. The quantitative estimate of drug-likeness (QED) is 0.801. The molecule has 0 saturated heterocycles. The van der Waals surface area contributed by atoms with Crippen molar-refractivity contribution in [1.29, 1.82) is 0 Å². The predicted molar refractivity (Wildman–Crippen MR) is 90.4 cm³/mol. The fraction of sp³-hybridized carbons (Fsp3) is 0.176. The molecule has 5 heteroatoms. The molecule has 2 aromatic carbocycles. The molecule has 3 N–H and O–H groups in total. The Kier molecular flexibility index (Phi) is 5.61. The number of rotatable bonds is 6. The van der Waals surface area contributed by atoms with Crippen LogP contribution in [-0.2, 0) is 0 Å². The molecule has 0 heterocycles. The van der Waals surface area contributed by atoms with Gasteiger partial charge in [-0.15, -0.1) is 11.8 Å². The molecule has 114 valence electrons. The van der Waals surface area contributed by atoms with Crippen molar-refractivity contribution >= 4 is 29.3 Å². The Labute approximate surface area is 134 Å². The number of benzene rings is 2. The van der Waals surface area contributed by atoms with Crippen molar-refractivity contribution in [3.63, 3.8) is 0 Å². The molecule has 2 rings (SSSR count). The lowest BCUT2D eigenvalue weighted by molar-refractivity contribution is 0.0998. The first-order valence-corrected chi connectivity index (χ1v) is 8.03. The topological polar surface area (TPSA) is 72.2 Å². The number of nitrogens with two attached hydrogens (primary N) is 1. The summed E-state index contributed by atoms with van der Waals surface area (Å²) < 4.78 is 0. The average Bonchev–Trinajstić information content (AvgIpc) is 2.53.